The maximum atomic E-state index is 12.9. The van der Waals surface area contributed by atoms with Crippen molar-refractivity contribution in [3.05, 3.63) is 72.2 Å². The number of benzene rings is 2. The first kappa shape index (κ1) is 19.5. The van der Waals surface area contributed by atoms with Gasteiger partial charge in [-0.25, -0.2) is 0 Å². The standard InChI is InChI=1S/C24H26O5/c1-26-18-7-9-19(10-8-18)29-23-16-28-22-15-20(11-12-21(22)24(23)25)27-14-13-17-5-3-2-4-6-17/h2-10,16,20-22H,11-15H2,1H3. The Labute approximate surface area is 171 Å². The summed E-state index contributed by atoms with van der Waals surface area (Å²) >= 11 is 0. The van der Waals surface area contributed by atoms with E-state index in [4.69, 9.17) is 18.9 Å². The molecule has 5 nitrogen and oxygen atoms in total. The Kier molecular flexibility index (Phi) is 6.15. The molecule has 29 heavy (non-hydrogen) atoms. The zero-order valence-corrected chi connectivity index (χ0v) is 16.6. The molecular weight excluding hydrogens is 368 g/mol. The van der Waals surface area contributed by atoms with E-state index < -0.39 is 0 Å². The smallest absolute Gasteiger partial charge is 0.207 e. The number of methoxy groups -OCH3 is 1. The summed E-state index contributed by atoms with van der Waals surface area (Å²) in [7, 11) is 1.61. The monoisotopic (exact) mass is 394 g/mol. The Bertz CT molecular complexity index is 843. The van der Waals surface area contributed by atoms with Gasteiger partial charge in [-0.1, -0.05) is 30.3 Å². The fraction of sp³-hybridized carbons (Fsp3) is 0.375. The van der Waals surface area contributed by atoms with Gasteiger partial charge in [0.25, 0.3) is 0 Å². The quantitative estimate of drug-likeness (QED) is 0.700. The van der Waals surface area contributed by atoms with Gasteiger partial charge in [-0.05, 0) is 49.1 Å². The van der Waals surface area contributed by atoms with Crippen LogP contribution in [0.5, 0.6) is 11.5 Å². The summed E-state index contributed by atoms with van der Waals surface area (Å²) in [6.45, 7) is 0.682. The molecule has 2 aromatic carbocycles. The molecule has 0 radical (unpaired) electrons. The van der Waals surface area contributed by atoms with Crippen LogP contribution in [-0.2, 0) is 20.7 Å². The molecule has 0 aromatic heterocycles. The van der Waals surface area contributed by atoms with E-state index in [2.05, 4.69) is 12.1 Å². The highest BCUT2D eigenvalue weighted by Crippen LogP contribution is 2.35. The van der Waals surface area contributed by atoms with E-state index in [0.717, 1.165) is 31.4 Å². The lowest BCUT2D eigenvalue weighted by Crippen LogP contribution is -2.42. The molecule has 2 aliphatic rings. The second-order valence-corrected chi connectivity index (χ2v) is 7.45. The number of fused-ring (bicyclic) bond motifs is 1. The van der Waals surface area contributed by atoms with E-state index in [9.17, 15) is 4.79 Å². The number of Topliss-reactive ketones (excluding diaryl/α,β-unsaturated/α-hetero) is 1. The lowest BCUT2D eigenvalue weighted by Gasteiger charge is -2.37. The number of ether oxygens (including phenoxy) is 4. The molecule has 3 atom stereocenters. The van der Waals surface area contributed by atoms with Crippen molar-refractivity contribution in [1.82, 2.24) is 0 Å². The molecule has 3 unspecified atom stereocenters. The zero-order valence-electron chi connectivity index (χ0n) is 16.6. The third kappa shape index (κ3) is 4.80. The highest BCUT2D eigenvalue weighted by molar-refractivity contribution is 5.96. The Hall–Kier alpha value is -2.79. The summed E-state index contributed by atoms with van der Waals surface area (Å²) in [5, 5.41) is 0. The number of hydrogen-bond acceptors (Lipinski definition) is 5. The van der Waals surface area contributed by atoms with Crippen molar-refractivity contribution in [3.8, 4) is 11.5 Å². The number of allylic oxidation sites excluding steroid dienone is 1. The van der Waals surface area contributed by atoms with Crippen LogP contribution in [0.15, 0.2) is 66.6 Å². The molecule has 1 fully saturated rings. The molecule has 152 valence electrons. The maximum absolute atomic E-state index is 12.9. The van der Waals surface area contributed by atoms with Gasteiger partial charge in [0.05, 0.1) is 25.7 Å². The van der Waals surface area contributed by atoms with Gasteiger partial charge >= 0.3 is 0 Å². The Morgan fingerprint density at radius 2 is 1.76 bits per heavy atom. The summed E-state index contributed by atoms with van der Waals surface area (Å²) < 4.78 is 22.8. The van der Waals surface area contributed by atoms with Crippen molar-refractivity contribution in [1.29, 1.82) is 0 Å². The van der Waals surface area contributed by atoms with E-state index >= 15 is 0 Å². The molecule has 0 bridgehead atoms. The van der Waals surface area contributed by atoms with E-state index in [1.54, 1.807) is 31.4 Å². The van der Waals surface area contributed by atoms with Crippen molar-refractivity contribution < 1.29 is 23.7 Å². The number of ketones is 1. The van der Waals surface area contributed by atoms with Crippen LogP contribution in [-0.4, -0.2) is 31.7 Å². The van der Waals surface area contributed by atoms with Crippen molar-refractivity contribution in [2.75, 3.05) is 13.7 Å². The zero-order chi connectivity index (χ0) is 20.1. The number of carbonyl (C=O) groups is 1. The third-order valence-electron chi connectivity index (χ3n) is 5.55. The van der Waals surface area contributed by atoms with Crippen LogP contribution < -0.4 is 9.47 Å². The van der Waals surface area contributed by atoms with E-state index in [1.165, 1.54) is 11.8 Å². The van der Waals surface area contributed by atoms with Crippen LogP contribution in [0.25, 0.3) is 0 Å². The molecule has 1 aliphatic carbocycles. The molecule has 0 saturated heterocycles. The van der Waals surface area contributed by atoms with Gasteiger partial charge in [-0.3, -0.25) is 4.79 Å². The van der Waals surface area contributed by atoms with Gasteiger partial charge < -0.3 is 18.9 Å². The normalized spacial score (nSPS) is 23.6. The summed E-state index contributed by atoms with van der Waals surface area (Å²) in [4.78, 5) is 12.9. The second-order valence-electron chi connectivity index (χ2n) is 7.45. The molecule has 5 heteroatoms. The first-order chi connectivity index (χ1) is 14.2. The van der Waals surface area contributed by atoms with E-state index in [0.29, 0.717) is 12.4 Å². The maximum Gasteiger partial charge on any atom is 0.207 e. The minimum Gasteiger partial charge on any atom is -0.497 e. The van der Waals surface area contributed by atoms with Gasteiger partial charge in [0.2, 0.25) is 11.5 Å². The molecule has 2 aromatic rings. The van der Waals surface area contributed by atoms with Crippen LogP contribution in [0.4, 0.5) is 0 Å². The minimum atomic E-state index is -0.165. The Morgan fingerprint density at radius 3 is 2.52 bits per heavy atom. The van der Waals surface area contributed by atoms with Crippen LogP contribution in [0, 0.1) is 5.92 Å². The number of carbonyl (C=O) groups excluding carboxylic acids is 1. The van der Waals surface area contributed by atoms with E-state index in [1.807, 2.05) is 18.2 Å². The van der Waals surface area contributed by atoms with Gasteiger partial charge in [0, 0.05) is 6.42 Å². The first-order valence-corrected chi connectivity index (χ1v) is 10.1. The fourth-order valence-electron chi connectivity index (χ4n) is 3.92. The average molecular weight is 394 g/mol. The molecule has 0 N–H and O–H groups in total. The minimum absolute atomic E-state index is 0.0137. The van der Waals surface area contributed by atoms with Crippen LogP contribution >= 0.6 is 0 Å². The van der Waals surface area contributed by atoms with Gasteiger partial charge in [-0.2, -0.15) is 0 Å². The first-order valence-electron chi connectivity index (χ1n) is 10.1. The lowest BCUT2D eigenvalue weighted by molar-refractivity contribution is -0.133. The summed E-state index contributed by atoms with van der Waals surface area (Å²) in [6, 6.07) is 17.5. The SMILES string of the molecule is COc1ccc(OC2=COC3CC(OCCc4ccccc4)CCC3C2=O)cc1. The second kappa shape index (κ2) is 9.14. The Balaban J connectivity index is 1.30. The summed E-state index contributed by atoms with van der Waals surface area (Å²) in [5.74, 6) is 1.44. The van der Waals surface area contributed by atoms with Crippen LogP contribution in [0.3, 0.4) is 0 Å². The molecular formula is C24H26O5. The predicted molar refractivity (Wildman–Crippen MR) is 109 cm³/mol. The van der Waals surface area contributed by atoms with Gasteiger partial charge in [-0.15, -0.1) is 0 Å². The van der Waals surface area contributed by atoms with Crippen molar-refractivity contribution in [2.45, 2.75) is 37.9 Å². The van der Waals surface area contributed by atoms with Crippen molar-refractivity contribution >= 4 is 5.78 Å². The highest BCUT2D eigenvalue weighted by Gasteiger charge is 2.41. The summed E-state index contributed by atoms with van der Waals surface area (Å²) in [6.07, 6.45) is 4.69. The van der Waals surface area contributed by atoms with Gasteiger partial charge in [0.1, 0.15) is 23.9 Å². The number of hydrogen-bond donors (Lipinski definition) is 0. The largest absolute Gasteiger partial charge is 0.497 e. The lowest BCUT2D eigenvalue weighted by atomic mass is 9.80. The van der Waals surface area contributed by atoms with Crippen molar-refractivity contribution in [2.24, 2.45) is 5.92 Å². The Morgan fingerprint density at radius 1 is 1.00 bits per heavy atom. The highest BCUT2D eigenvalue weighted by atomic mass is 16.5. The van der Waals surface area contributed by atoms with Crippen molar-refractivity contribution in [3.63, 3.8) is 0 Å². The topological polar surface area (TPSA) is 54.0 Å². The molecule has 0 spiro atoms. The third-order valence-corrected chi connectivity index (χ3v) is 5.55. The fourth-order valence-corrected chi connectivity index (χ4v) is 3.92. The molecule has 1 aliphatic heterocycles. The molecule has 1 saturated carbocycles. The predicted octanol–water partition coefficient (Wildman–Crippen LogP) is 4.31. The van der Waals surface area contributed by atoms with Gasteiger partial charge in [0.15, 0.2) is 0 Å². The average Bonchev–Trinajstić information content (AvgIpc) is 2.77. The van der Waals surface area contributed by atoms with Crippen LogP contribution in [0.2, 0.25) is 0 Å². The number of rotatable bonds is 7. The van der Waals surface area contributed by atoms with Crippen LogP contribution in [0.1, 0.15) is 24.8 Å². The molecule has 1 heterocycles. The molecule has 4 rings (SSSR count). The summed E-state index contributed by atoms with van der Waals surface area (Å²) in [5.41, 5.74) is 1.27. The molecule has 0 amide bonds. The van der Waals surface area contributed by atoms with E-state index in [-0.39, 0.29) is 29.7 Å².